The summed E-state index contributed by atoms with van der Waals surface area (Å²) in [6.07, 6.45) is 17.9. The number of aromatic nitrogens is 4. The van der Waals surface area contributed by atoms with Gasteiger partial charge in [0.05, 0.1) is 6.33 Å². The average molecular weight is 346 g/mol. The van der Waals surface area contributed by atoms with Crippen LogP contribution >= 0.6 is 0 Å². The van der Waals surface area contributed by atoms with Gasteiger partial charge in [-0.1, -0.05) is 71.6 Å². The van der Waals surface area contributed by atoms with Gasteiger partial charge in [-0.3, -0.25) is 0 Å². The van der Waals surface area contributed by atoms with Crippen molar-refractivity contribution in [1.29, 1.82) is 0 Å². The molecule has 1 atom stereocenters. The van der Waals surface area contributed by atoms with E-state index in [2.05, 4.69) is 38.7 Å². The third kappa shape index (κ3) is 5.68. The fourth-order valence-electron chi connectivity index (χ4n) is 3.51. The Morgan fingerprint density at radius 2 is 1.52 bits per heavy atom. The van der Waals surface area contributed by atoms with Crippen molar-refractivity contribution in [2.75, 3.05) is 12.4 Å². The molecule has 0 amide bonds. The van der Waals surface area contributed by atoms with Crippen LogP contribution in [0.1, 0.15) is 90.5 Å². The Morgan fingerprint density at radius 1 is 0.880 bits per heavy atom. The molecule has 0 saturated carbocycles. The molecule has 0 aliphatic carbocycles. The number of rotatable bonds is 13. The molecule has 0 saturated heterocycles. The van der Waals surface area contributed by atoms with E-state index in [1.54, 1.807) is 6.33 Å². The van der Waals surface area contributed by atoms with Crippen molar-refractivity contribution in [1.82, 2.24) is 19.5 Å². The van der Waals surface area contributed by atoms with Gasteiger partial charge in [0.25, 0.3) is 0 Å². The summed E-state index contributed by atoms with van der Waals surface area (Å²) in [5, 5.41) is 3.12. The predicted octanol–water partition coefficient (Wildman–Crippen LogP) is 5.74. The highest BCUT2D eigenvalue weighted by Crippen LogP contribution is 2.28. The Kier molecular flexibility index (Phi) is 8.70. The normalized spacial score (nSPS) is 12.6. The van der Waals surface area contributed by atoms with E-state index in [1.807, 2.05) is 13.4 Å². The van der Waals surface area contributed by atoms with Crippen molar-refractivity contribution in [3.63, 3.8) is 0 Å². The first-order valence-electron chi connectivity index (χ1n) is 10.2. The molecule has 0 aliphatic heterocycles. The smallest absolute Gasteiger partial charge is 0.165 e. The number of fused-ring (bicyclic) bond motifs is 1. The maximum Gasteiger partial charge on any atom is 0.165 e. The van der Waals surface area contributed by atoms with Crippen LogP contribution in [-0.2, 0) is 0 Å². The summed E-state index contributed by atoms with van der Waals surface area (Å²) in [6.45, 7) is 4.54. The molecule has 140 valence electrons. The van der Waals surface area contributed by atoms with Gasteiger partial charge >= 0.3 is 0 Å². The first kappa shape index (κ1) is 19.7. The van der Waals surface area contributed by atoms with E-state index in [1.165, 1.54) is 70.6 Å². The molecule has 2 aromatic rings. The monoisotopic (exact) mass is 345 g/mol. The van der Waals surface area contributed by atoms with Crippen LogP contribution in [0.15, 0.2) is 12.7 Å². The zero-order valence-electron chi connectivity index (χ0n) is 16.3. The Labute approximate surface area is 152 Å². The molecule has 0 aromatic carbocycles. The molecule has 2 rings (SSSR count). The minimum atomic E-state index is 0.503. The molecule has 0 radical (unpaired) electrons. The lowest BCUT2D eigenvalue weighted by atomic mass is 10.0. The number of anilines is 1. The maximum atomic E-state index is 4.59. The van der Waals surface area contributed by atoms with Gasteiger partial charge in [-0.25, -0.2) is 15.0 Å². The molecule has 25 heavy (non-hydrogen) atoms. The SMILES string of the molecule is CCCCCCCC(CCCCCC)n1cnc2c(NC)ncnc21. The van der Waals surface area contributed by atoms with Crippen molar-refractivity contribution in [2.45, 2.75) is 90.5 Å². The summed E-state index contributed by atoms with van der Waals surface area (Å²) in [5.41, 5.74) is 1.85. The lowest BCUT2D eigenvalue weighted by Crippen LogP contribution is -2.09. The summed E-state index contributed by atoms with van der Waals surface area (Å²) < 4.78 is 2.30. The van der Waals surface area contributed by atoms with Gasteiger partial charge < -0.3 is 9.88 Å². The molecule has 5 heteroatoms. The van der Waals surface area contributed by atoms with Crippen molar-refractivity contribution in [2.24, 2.45) is 0 Å². The summed E-state index contributed by atoms with van der Waals surface area (Å²) in [7, 11) is 1.89. The van der Waals surface area contributed by atoms with Crippen LogP contribution in [0, 0.1) is 0 Å². The number of nitrogens with zero attached hydrogens (tertiary/aromatic N) is 4. The Balaban J connectivity index is 2.07. The van der Waals surface area contributed by atoms with Crippen molar-refractivity contribution in [3.05, 3.63) is 12.7 Å². The number of hydrogen-bond donors (Lipinski definition) is 1. The van der Waals surface area contributed by atoms with Crippen LogP contribution in [0.4, 0.5) is 5.82 Å². The first-order chi connectivity index (χ1) is 12.3. The molecule has 5 nitrogen and oxygen atoms in total. The van der Waals surface area contributed by atoms with E-state index in [0.717, 1.165) is 17.0 Å². The molecule has 1 N–H and O–H groups in total. The lowest BCUT2D eigenvalue weighted by molar-refractivity contribution is 0.401. The largest absolute Gasteiger partial charge is 0.371 e. The molecule has 0 bridgehead atoms. The van der Waals surface area contributed by atoms with Crippen LogP contribution in [0.3, 0.4) is 0 Å². The van der Waals surface area contributed by atoms with E-state index in [9.17, 15) is 0 Å². The zero-order chi connectivity index (χ0) is 17.9. The molecule has 1 unspecified atom stereocenters. The van der Waals surface area contributed by atoms with E-state index in [0.29, 0.717) is 6.04 Å². The van der Waals surface area contributed by atoms with E-state index >= 15 is 0 Å². The first-order valence-corrected chi connectivity index (χ1v) is 10.2. The molecule has 0 aliphatic rings. The van der Waals surface area contributed by atoms with Gasteiger partial charge in [0, 0.05) is 13.1 Å². The Hall–Kier alpha value is -1.65. The molecular formula is C20H35N5. The quantitative estimate of drug-likeness (QED) is 0.470. The second kappa shape index (κ2) is 11.1. The van der Waals surface area contributed by atoms with Gasteiger partial charge in [0.2, 0.25) is 0 Å². The number of nitrogens with one attached hydrogen (secondary N) is 1. The standard InChI is InChI=1S/C20H35N5/c1-4-6-8-10-12-14-17(13-11-9-7-5-2)25-16-24-18-19(21-3)22-15-23-20(18)25/h15-17H,4-14H2,1-3H3,(H,21,22,23). The molecule has 2 aromatic heterocycles. The van der Waals surface area contributed by atoms with Crippen molar-refractivity contribution in [3.8, 4) is 0 Å². The summed E-state index contributed by atoms with van der Waals surface area (Å²) >= 11 is 0. The number of unbranched alkanes of at least 4 members (excludes halogenated alkanes) is 7. The zero-order valence-corrected chi connectivity index (χ0v) is 16.3. The summed E-state index contributed by atoms with van der Waals surface area (Å²) in [6, 6.07) is 0.503. The Bertz CT molecular complexity index is 607. The van der Waals surface area contributed by atoms with E-state index in [-0.39, 0.29) is 0 Å². The van der Waals surface area contributed by atoms with Crippen molar-refractivity contribution < 1.29 is 0 Å². The fourth-order valence-corrected chi connectivity index (χ4v) is 3.51. The second-order valence-corrected chi connectivity index (χ2v) is 7.00. The van der Waals surface area contributed by atoms with Crippen LogP contribution in [0.2, 0.25) is 0 Å². The third-order valence-electron chi connectivity index (χ3n) is 5.02. The Morgan fingerprint density at radius 3 is 2.16 bits per heavy atom. The minimum absolute atomic E-state index is 0.503. The third-order valence-corrected chi connectivity index (χ3v) is 5.02. The predicted molar refractivity (Wildman–Crippen MR) is 106 cm³/mol. The molecular weight excluding hydrogens is 310 g/mol. The second-order valence-electron chi connectivity index (χ2n) is 7.00. The minimum Gasteiger partial charge on any atom is -0.371 e. The highest BCUT2D eigenvalue weighted by molar-refractivity contribution is 5.82. The van der Waals surface area contributed by atoms with Gasteiger partial charge in [0.15, 0.2) is 11.5 Å². The molecule has 2 heterocycles. The van der Waals surface area contributed by atoms with Crippen LogP contribution < -0.4 is 5.32 Å². The van der Waals surface area contributed by atoms with Crippen molar-refractivity contribution >= 4 is 17.0 Å². The van der Waals surface area contributed by atoms with Crippen LogP contribution in [0.25, 0.3) is 11.2 Å². The van der Waals surface area contributed by atoms with Crippen LogP contribution in [-0.4, -0.2) is 26.6 Å². The highest BCUT2D eigenvalue weighted by Gasteiger charge is 2.16. The van der Waals surface area contributed by atoms with Gasteiger partial charge in [-0.15, -0.1) is 0 Å². The van der Waals surface area contributed by atoms with E-state index in [4.69, 9.17) is 0 Å². The lowest BCUT2D eigenvalue weighted by Gasteiger charge is -2.19. The van der Waals surface area contributed by atoms with E-state index < -0.39 is 0 Å². The highest BCUT2D eigenvalue weighted by atomic mass is 15.2. The summed E-state index contributed by atoms with van der Waals surface area (Å²) in [5.74, 6) is 0.816. The molecule has 0 fully saturated rings. The number of hydrogen-bond acceptors (Lipinski definition) is 4. The molecule has 0 spiro atoms. The van der Waals surface area contributed by atoms with Gasteiger partial charge in [-0.2, -0.15) is 0 Å². The van der Waals surface area contributed by atoms with Gasteiger partial charge in [0.1, 0.15) is 11.8 Å². The summed E-state index contributed by atoms with van der Waals surface area (Å²) in [4.78, 5) is 13.4. The topological polar surface area (TPSA) is 55.6 Å². The van der Waals surface area contributed by atoms with Crippen LogP contribution in [0.5, 0.6) is 0 Å². The van der Waals surface area contributed by atoms with Gasteiger partial charge in [-0.05, 0) is 12.8 Å². The maximum absolute atomic E-state index is 4.59. The fraction of sp³-hybridized carbons (Fsp3) is 0.750. The number of imidazole rings is 1. The average Bonchev–Trinajstić information content (AvgIpc) is 3.07.